The Morgan fingerprint density at radius 3 is 2.79 bits per heavy atom. The number of anilines is 1. The van der Waals surface area contributed by atoms with Crippen LogP contribution in [0, 0.1) is 5.82 Å². The van der Waals surface area contributed by atoms with Crippen molar-refractivity contribution in [2.75, 3.05) is 11.1 Å². The van der Waals surface area contributed by atoms with E-state index in [0.717, 1.165) is 12.8 Å². The zero-order chi connectivity index (χ0) is 19.7. The predicted octanol–water partition coefficient (Wildman–Crippen LogP) is 4.85. The van der Waals surface area contributed by atoms with Crippen LogP contribution in [0.3, 0.4) is 0 Å². The summed E-state index contributed by atoms with van der Waals surface area (Å²) in [5.41, 5.74) is 0.398. The summed E-state index contributed by atoms with van der Waals surface area (Å²) in [6, 6.07) is 8.18. The number of carbonyl (C=O) groups is 1. The Hall–Kier alpha value is -2.16. The normalized spacial score (nSPS) is 13.5. The monoisotopic (exact) mass is 437 g/mol. The van der Waals surface area contributed by atoms with E-state index in [1.165, 1.54) is 30.1 Å². The van der Waals surface area contributed by atoms with Gasteiger partial charge in [-0.3, -0.25) is 9.36 Å². The second kappa shape index (κ2) is 8.06. The molecule has 0 bridgehead atoms. The van der Waals surface area contributed by atoms with Gasteiger partial charge in [-0.2, -0.15) is 0 Å². The number of pyridine rings is 1. The highest BCUT2D eigenvalue weighted by Gasteiger charge is 2.31. The summed E-state index contributed by atoms with van der Waals surface area (Å²) in [5.74, 6) is 0.162. The molecule has 4 rings (SSSR count). The Kier molecular flexibility index (Phi) is 5.52. The van der Waals surface area contributed by atoms with Crippen LogP contribution in [-0.2, 0) is 4.79 Å². The Labute approximate surface area is 174 Å². The van der Waals surface area contributed by atoms with Crippen molar-refractivity contribution < 1.29 is 9.18 Å². The molecule has 6 nitrogen and oxygen atoms in total. The summed E-state index contributed by atoms with van der Waals surface area (Å²) in [7, 11) is 0. The van der Waals surface area contributed by atoms with Gasteiger partial charge in [0.05, 0.1) is 21.4 Å². The second-order valence-electron chi connectivity index (χ2n) is 6.21. The summed E-state index contributed by atoms with van der Waals surface area (Å²) >= 11 is 13.1. The number of amides is 1. The molecule has 1 aliphatic carbocycles. The largest absolute Gasteiger partial charge is 0.309 e. The van der Waals surface area contributed by atoms with E-state index in [-0.39, 0.29) is 34.4 Å². The van der Waals surface area contributed by atoms with Gasteiger partial charge in [0.15, 0.2) is 16.8 Å². The molecule has 3 aromatic rings. The van der Waals surface area contributed by atoms with Crippen molar-refractivity contribution in [3.63, 3.8) is 0 Å². The van der Waals surface area contributed by atoms with Crippen molar-refractivity contribution in [3.05, 3.63) is 52.4 Å². The third kappa shape index (κ3) is 4.14. The van der Waals surface area contributed by atoms with Crippen LogP contribution in [0.1, 0.15) is 18.9 Å². The molecule has 0 unspecified atom stereocenters. The summed E-state index contributed by atoms with van der Waals surface area (Å²) in [6.45, 7) is 0. The predicted molar refractivity (Wildman–Crippen MR) is 107 cm³/mol. The van der Waals surface area contributed by atoms with E-state index in [1.807, 2.05) is 4.57 Å². The van der Waals surface area contributed by atoms with Gasteiger partial charge < -0.3 is 5.32 Å². The number of benzene rings is 1. The van der Waals surface area contributed by atoms with Gasteiger partial charge in [0.1, 0.15) is 5.82 Å². The van der Waals surface area contributed by atoms with Crippen molar-refractivity contribution in [2.45, 2.75) is 24.0 Å². The van der Waals surface area contributed by atoms with E-state index in [2.05, 4.69) is 20.5 Å². The maximum atomic E-state index is 14.2. The van der Waals surface area contributed by atoms with Crippen LogP contribution in [0.2, 0.25) is 10.0 Å². The fourth-order valence-electron chi connectivity index (χ4n) is 2.67. The van der Waals surface area contributed by atoms with E-state index in [1.54, 1.807) is 18.2 Å². The maximum Gasteiger partial charge on any atom is 0.236 e. The second-order valence-corrected chi connectivity index (χ2v) is 7.99. The number of nitrogens with one attached hydrogen (secondary N) is 1. The number of hydrogen-bond donors (Lipinski definition) is 1. The minimum absolute atomic E-state index is 0.0861. The number of carbonyl (C=O) groups excluding carboxylic acids is 1. The molecule has 0 atom stereocenters. The van der Waals surface area contributed by atoms with Gasteiger partial charge in [-0.1, -0.05) is 47.1 Å². The molecule has 10 heteroatoms. The van der Waals surface area contributed by atoms with Crippen LogP contribution in [0.15, 0.2) is 41.7 Å². The van der Waals surface area contributed by atoms with Gasteiger partial charge in [0.2, 0.25) is 5.91 Å². The van der Waals surface area contributed by atoms with Gasteiger partial charge in [-0.05, 0) is 31.0 Å². The first kappa shape index (κ1) is 19.2. The van der Waals surface area contributed by atoms with E-state index >= 15 is 0 Å². The van der Waals surface area contributed by atoms with E-state index in [9.17, 15) is 9.18 Å². The molecule has 144 valence electrons. The van der Waals surface area contributed by atoms with Gasteiger partial charge in [-0.15, -0.1) is 10.2 Å². The minimum atomic E-state index is -0.352. The highest BCUT2D eigenvalue weighted by atomic mass is 35.5. The lowest BCUT2D eigenvalue weighted by Gasteiger charge is -2.10. The van der Waals surface area contributed by atoms with Crippen LogP contribution in [-0.4, -0.2) is 31.4 Å². The molecule has 0 aliphatic heterocycles. The highest BCUT2D eigenvalue weighted by molar-refractivity contribution is 7.99. The standard InChI is InChI=1S/C18H14Cl2FN5OS/c19-10-7-13(20)16(22-8-10)23-15(27)9-28-18-25-24-17(26(18)11-5-6-11)12-3-1-2-4-14(12)21/h1-4,7-8,11H,5-6,9H2,(H,22,23,27). The molecule has 0 saturated heterocycles. The van der Waals surface area contributed by atoms with Crippen molar-refractivity contribution in [3.8, 4) is 11.4 Å². The fourth-order valence-corrected chi connectivity index (χ4v) is 3.90. The van der Waals surface area contributed by atoms with Gasteiger partial charge in [-0.25, -0.2) is 9.37 Å². The highest BCUT2D eigenvalue weighted by Crippen LogP contribution is 2.41. The van der Waals surface area contributed by atoms with E-state index in [4.69, 9.17) is 23.2 Å². The topological polar surface area (TPSA) is 72.7 Å². The lowest BCUT2D eigenvalue weighted by Crippen LogP contribution is -2.16. The van der Waals surface area contributed by atoms with Gasteiger partial charge in [0, 0.05) is 12.2 Å². The van der Waals surface area contributed by atoms with Gasteiger partial charge >= 0.3 is 0 Å². The fraction of sp³-hybridized carbons (Fsp3) is 0.222. The summed E-state index contributed by atoms with van der Waals surface area (Å²) in [4.78, 5) is 16.3. The molecule has 1 N–H and O–H groups in total. The molecule has 1 aromatic carbocycles. The lowest BCUT2D eigenvalue weighted by atomic mass is 10.2. The molecule has 1 saturated carbocycles. The van der Waals surface area contributed by atoms with Crippen LogP contribution < -0.4 is 5.32 Å². The molecule has 28 heavy (non-hydrogen) atoms. The molecule has 2 aromatic heterocycles. The Morgan fingerprint density at radius 1 is 1.29 bits per heavy atom. The Balaban J connectivity index is 1.49. The van der Waals surface area contributed by atoms with Crippen molar-refractivity contribution in [1.82, 2.24) is 19.7 Å². The number of hydrogen-bond acceptors (Lipinski definition) is 5. The first-order valence-electron chi connectivity index (χ1n) is 8.46. The smallest absolute Gasteiger partial charge is 0.236 e. The van der Waals surface area contributed by atoms with Crippen molar-refractivity contribution in [2.24, 2.45) is 0 Å². The zero-order valence-corrected chi connectivity index (χ0v) is 16.7. The third-order valence-electron chi connectivity index (χ3n) is 4.09. The Bertz CT molecular complexity index is 1040. The van der Waals surface area contributed by atoms with Gasteiger partial charge in [0.25, 0.3) is 0 Å². The number of thioether (sulfide) groups is 1. The summed E-state index contributed by atoms with van der Waals surface area (Å²) in [6.07, 6.45) is 3.35. The average molecular weight is 438 g/mol. The molecule has 0 spiro atoms. The quantitative estimate of drug-likeness (QED) is 0.557. The molecule has 1 fully saturated rings. The lowest BCUT2D eigenvalue weighted by molar-refractivity contribution is -0.113. The van der Waals surface area contributed by atoms with Crippen LogP contribution in [0.25, 0.3) is 11.4 Å². The molecular formula is C18H14Cl2FN5OS. The molecule has 0 radical (unpaired) electrons. The third-order valence-corrected chi connectivity index (χ3v) is 5.53. The first-order valence-corrected chi connectivity index (χ1v) is 10.2. The number of aromatic nitrogens is 4. The zero-order valence-electron chi connectivity index (χ0n) is 14.4. The summed E-state index contributed by atoms with van der Waals surface area (Å²) < 4.78 is 16.1. The molecular weight excluding hydrogens is 424 g/mol. The number of rotatable bonds is 6. The maximum absolute atomic E-state index is 14.2. The first-order chi connectivity index (χ1) is 13.5. The average Bonchev–Trinajstić information content (AvgIpc) is 3.42. The Morgan fingerprint density at radius 2 is 2.07 bits per heavy atom. The number of halogens is 3. The molecule has 1 aliphatic rings. The van der Waals surface area contributed by atoms with Crippen LogP contribution in [0.4, 0.5) is 10.2 Å². The molecule has 1 amide bonds. The van der Waals surface area contributed by atoms with Crippen molar-refractivity contribution in [1.29, 1.82) is 0 Å². The number of nitrogens with zero attached hydrogens (tertiary/aromatic N) is 4. The molecule has 2 heterocycles. The SMILES string of the molecule is O=C(CSc1nnc(-c2ccccc2F)n1C1CC1)Nc1ncc(Cl)cc1Cl. The van der Waals surface area contributed by atoms with E-state index < -0.39 is 0 Å². The summed E-state index contributed by atoms with van der Waals surface area (Å²) in [5, 5.41) is 12.2. The van der Waals surface area contributed by atoms with E-state index in [0.29, 0.717) is 21.6 Å². The van der Waals surface area contributed by atoms with Crippen molar-refractivity contribution >= 4 is 46.7 Å². The minimum Gasteiger partial charge on any atom is -0.309 e. The van der Waals surface area contributed by atoms with Crippen LogP contribution >= 0.6 is 35.0 Å². The van der Waals surface area contributed by atoms with Crippen LogP contribution in [0.5, 0.6) is 0 Å².